The maximum Gasteiger partial charge on any atom is 0.434 e. The van der Waals surface area contributed by atoms with Crippen LogP contribution in [-0.4, -0.2) is 159 Å². The second kappa shape index (κ2) is 17.7. The van der Waals surface area contributed by atoms with Gasteiger partial charge in [0.15, 0.2) is 0 Å². The van der Waals surface area contributed by atoms with Gasteiger partial charge in [0.1, 0.15) is 12.4 Å². The summed E-state index contributed by atoms with van der Waals surface area (Å²) in [5.41, 5.74) is 0. The van der Waals surface area contributed by atoms with Crippen molar-refractivity contribution >= 4 is 76.8 Å². The Labute approximate surface area is 234 Å². The molecule has 0 saturated carbocycles. The highest BCUT2D eigenvalue weighted by atomic mass is 16.6. The van der Waals surface area contributed by atoms with Gasteiger partial charge in [-0.2, -0.15) is 0 Å². The van der Waals surface area contributed by atoms with Crippen molar-refractivity contribution in [3.63, 3.8) is 0 Å². The van der Waals surface area contributed by atoms with E-state index in [1.807, 2.05) is 0 Å². The predicted octanol–water partition coefficient (Wildman–Crippen LogP) is -5.53. The smallest absolute Gasteiger partial charge is 0.394 e. The molecule has 2 N–H and O–H groups in total. The second-order valence-corrected chi connectivity index (χ2v) is 11.6. The largest absolute Gasteiger partial charge is 0.434 e. The normalized spacial score (nSPS) is 15.4. The highest BCUT2D eigenvalue weighted by Crippen LogP contribution is 2.43. The lowest BCUT2D eigenvalue weighted by Crippen LogP contribution is -2.63. The number of nitrogens with zero attached hydrogens (tertiary/aromatic N) is 4. The SMILES string of the molecule is BB(B)B(B)B(B(B)B)B1CC1CCCCN(CCOCCOCCO)CC(O)Cn1ccnc1[N+](=O)[O-]. The molecule has 1 aliphatic rings. The van der Waals surface area contributed by atoms with E-state index in [1.54, 1.807) is 0 Å². The van der Waals surface area contributed by atoms with Crippen molar-refractivity contribution in [2.45, 2.75) is 44.0 Å². The number of hydrogen-bond acceptors (Lipinski definition) is 8. The summed E-state index contributed by atoms with van der Waals surface area (Å²) in [5, 5.41) is 30.6. The average Bonchev–Trinajstić information content (AvgIpc) is 3.44. The van der Waals surface area contributed by atoms with Gasteiger partial charge in [-0.05, 0) is 17.9 Å². The highest BCUT2D eigenvalue weighted by molar-refractivity contribution is 8.01. The van der Waals surface area contributed by atoms with Crippen molar-refractivity contribution < 1.29 is 24.6 Å². The van der Waals surface area contributed by atoms with Crippen molar-refractivity contribution in [3.8, 4) is 0 Å². The molecule has 1 fully saturated rings. The van der Waals surface area contributed by atoms with Gasteiger partial charge in [-0.25, -0.2) is 4.57 Å². The number of imidazole rings is 1. The monoisotopic (exact) mass is 520 g/mol. The van der Waals surface area contributed by atoms with E-state index in [0.717, 1.165) is 57.3 Å². The Kier molecular flexibility index (Phi) is 15.5. The van der Waals surface area contributed by atoms with Crippen molar-refractivity contribution in [2.24, 2.45) is 0 Å². The molecule has 0 aromatic carbocycles. The molecule has 38 heavy (non-hydrogen) atoms. The van der Waals surface area contributed by atoms with E-state index >= 15 is 0 Å². The number of hydrogen-bond donors (Lipinski definition) is 2. The Bertz CT molecular complexity index is 815. The molecule has 1 aromatic rings. The van der Waals surface area contributed by atoms with Crippen LogP contribution < -0.4 is 0 Å². The lowest BCUT2D eigenvalue weighted by Gasteiger charge is -2.25. The number of rotatable bonds is 22. The standard InChI is InChI=1S/C18H42B10N4O6/c19-25(20)27(23)28(26(21)22)24-13-16(24)3-1-2-5-30(7-9-37-11-12-38-10-8-33)14-17(34)15-31-6-4-29-18(31)32(35)36/h4,6,16-17,33-34H,1-3,5,7-15,19-23H2. The number of ether oxygens (including phenoxy) is 2. The fraction of sp³-hybridized carbons (Fsp3) is 0.833. The van der Waals surface area contributed by atoms with Gasteiger partial charge >= 0.3 is 5.95 Å². The van der Waals surface area contributed by atoms with E-state index in [4.69, 9.17) is 14.6 Å². The van der Waals surface area contributed by atoms with Crippen LogP contribution in [0.4, 0.5) is 5.95 Å². The molecular weight excluding hydrogens is 476 g/mol. The Morgan fingerprint density at radius 2 is 1.87 bits per heavy atom. The van der Waals surface area contributed by atoms with Crippen molar-refractivity contribution in [1.82, 2.24) is 14.5 Å². The van der Waals surface area contributed by atoms with Gasteiger partial charge in [-0.3, -0.25) is 4.90 Å². The lowest BCUT2D eigenvalue weighted by atomic mass is 8.57. The molecule has 20 heteroatoms. The Balaban J connectivity index is 1.80. The minimum absolute atomic E-state index is 0.00275. The van der Waals surface area contributed by atoms with Gasteiger partial charge in [0.05, 0.1) is 91.0 Å². The maximum absolute atomic E-state index is 11.2. The molecule has 0 aliphatic carbocycles. The van der Waals surface area contributed by atoms with E-state index in [0.29, 0.717) is 39.5 Å². The van der Waals surface area contributed by atoms with Crippen LogP contribution in [0, 0.1) is 10.1 Å². The van der Waals surface area contributed by atoms with Crippen molar-refractivity contribution in [2.75, 3.05) is 52.7 Å². The third-order valence-corrected chi connectivity index (χ3v) is 8.09. The average molecular weight is 519 g/mol. The van der Waals surface area contributed by atoms with E-state index in [2.05, 4.69) is 48.6 Å². The third-order valence-electron chi connectivity index (χ3n) is 8.09. The molecule has 0 radical (unpaired) electrons. The Morgan fingerprint density at radius 3 is 2.50 bits per heavy atom. The second-order valence-electron chi connectivity index (χ2n) is 11.6. The number of aliphatic hydroxyl groups is 2. The zero-order valence-corrected chi connectivity index (χ0v) is 24.2. The molecule has 2 rings (SSSR count). The lowest BCUT2D eigenvalue weighted by molar-refractivity contribution is -0.397. The maximum atomic E-state index is 11.2. The van der Waals surface area contributed by atoms with Gasteiger partial charge in [0.25, 0.3) is 0 Å². The number of aliphatic hydroxyl groups excluding tert-OH is 2. The number of aromatic nitrogens is 2. The fourth-order valence-corrected chi connectivity index (χ4v) is 5.83. The number of nitro groups is 1. The first-order chi connectivity index (χ1) is 18.1. The van der Waals surface area contributed by atoms with E-state index in [-0.39, 0.29) is 19.1 Å². The summed E-state index contributed by atoms with van der Waals surface area (Å²) in [4.78, 5) is 16.6. The van der Waals surface area contributed by atoms with Crippen LogP contribution in [-0.2, 0) is 16.0 Å². The van der Waals surface area contributed by atoms with Crippen molar-refractivity contribution in [1.29, 1.82) is 0 Å². The van der Waals surface area contributed by atoms with Crippen LogP contribution in [0.1, 0.15) is 19.3 Å². The van der Waals surface area contributed by atoms with Gasteiger partial charge in [0.2, 0.25) is 0 Å². The van der Waals surface area contributed by atoms with Gasteiger partial charge in [-0.1, -0.05) is 30.0 Å². The molecule has 0 spiro atoms. The molecule has 0 amide bonds. The first kappa shape index (κ1) is 33.3. The summed E-state index contributed by atoms with van der Waals surface area (Å²) in [5.74, 6) is 0.582. The highest BCUT2D eigenvalue weighted by Gasteiger charge is 2.49. The molecular formula is C18H42B10N4O6. The molecule has 1 aliphatic heterocycles. The van der Waals surface area contributed by atoms with Gasteiger partial charge in [-0.15, -0.1) is 0 Å². The van der Waals surface area contributed by atoms with Crippen LogP contribution in [0.25, 0.3) is 0 Å². The summed E-state index contributed by atoms with van der Waals surface area (Å²) >= 11 is 0. The first-order valence-corrected chi connectivity index (χ1v) is 14.5. The van der Waals surface area contributed by atoms with Gasteiger partial charge < -0.3 is 29.8 Å². The van der Waals surface area contributed by atoms with Crippen molar-refractivity contribution in [3.05, 3.63) is 22.5 Å². The molecule has 0 bridgehead atoms. The summed E-state index contributed by atoms with van der Waals surface area (Å²) in [6, 6.07) is 0. The van der Waals surface area contributed by atoms with Crippen LogP contribution >= 0.6 is 0 Å². The van der Waals surface area contributed by atoms with Crippen LogP contribution in [0.2, 0.25) is 12.1 Å². The molecule has 2 unspecified atom stereocenters. The zero-order chi connectivity index (χ0) is 28.1. The first-order valence-electron chi connectivity index (χ1n) is 14.5. The predicted molar refractivity (Wildman–Crippen MR) is 174 cm³/mol. The minimum Gasteiger partial charge on any atom is -0.394 e. The molecule has 200 valence electrons. The zero-order valence-electron chi connectivity index (χ0n) is 24.2. The Hall–Kier alpha value is -0.941. The van der Waals surface area contributed by atoms with Crippen LogP contribution in [0.5, 0.6) is 0 Å². The van der Waals surface area contributed by atoms with Crippen LogP contribution in [0.15, 0.2) is 12.4 Å². The molecule has 2 atom stereocenters. The summed E-state index contributed by atoms with van der Waals surface area (Å²) in [6.45, 7) is 4.60. The van der Waals surface area contributed by atoms with Crippen LogP contribution in [0.3, 0.4) is 0 Å². The molecule has 2 heterocycles. The summed E-state index contributed by atoms with van der Waals surface area (Å²) in [6.07, 6.45) is 9.98. The molecule has 10 nitrogen and oxygen atoms in total. The minimum atomic E-state index is -0.757. The Morgan fingerprint density at radius 1 is 1.16 bits per heavy atom. The number of unbranched alkanes of at least 4 members (excludes halogenated alkanes) is 1. The fourth-order valence-electron chi connectivity index (χ4n) is 5.83. The van der Waals surface area contributed by atoms with E-state index in [1.165, 1.54) is 29.7 Å². The van der Waals surface area contributed by atoms with Gasteiger partial charge in [0, 0.05) is 38.6 Å². The molecule has 1 saturated heterocycles. The molecule has 1 aromatic heterocycles. The van der Waals surface area contributed by atoms with E-state index < -0.39 is 11.0 Å². The summed E-state index contributed by atoms with van der Waals surface area (Å²) < 4.78 is 12.3. The van der Waals surface area contributed by atoms with E-state index in [9.17, 15) is 15.2 Å². The topological polar surface area (TPSA) is 123 Å². The quantitative estimate of drug-likeness (QED) is 0.0675. The third kappa shape index (κ3) is 11.7. The summed E-state index contributed by atoms with van der Waals surface area (Å²) in [7, 11) is 11.9.